The Balaban J connectivity index is 1.82. The number of esters is 1. The first-order valence-electron chi connectivity index (χ1n) is 5.23. The molecule has 0 heterocycles. The van der Waals surface area contributed by atoms with E-state index >= 15 is 0 Å². The maximum absolute atomic E-state index is 11.7. The number of hydrogen-bond acceptors (Lipinski definition) is 3. The summed E-state index contributed by atoms with van der Waals surface area (Å²) >= 11 is 0. The van der Waals surface area contributed by atoms with E-state index in [1.54, 1.807) is 0 Å². The molecule has 15 heavy (non-hydrogen) atoms. The van der Waals surface area contributed by atoms with E-state index in [1.807, 2.05) is 0 Å². The average Bonchev–Trinajstić information content (AvgIpc) is 2.86. The number of ether oxygens (including phenoxy) is 1. The zero-order chi connectivity index (χ0) is 10.8. The molecule has 0 aromatic carbocycles. The van der Waals surface area contributed by atoms with Crippen molar-refractivity contribution in [3.63, 3.8) is 0 Å². The van der Waals surface area contributed by atoms with E-state index in [9.17, 15) is 9.59 Å². The van der Waals surface area contributed by atoms with Crippen molar-refractivity contribution in [1.82, 2.24) is 5.32 Å². The number of allylic oxidation sites excluding steroid dienone is 2. The van der Waals surface area contributed by atoms with Gasteiger partial charge in [-0.2, -0.15) is 0 Å². The minimum atomic E-state index is -0.401. The van der Waals surface area contributed by atoms with Crippen molar-refractivity contribution >= 4 is 11.9 Å². The van der Waals surface area contributed by atoms with Crippen LogP contribution >= 0.6 is 0 Å². The second-order valence-corrected chi connectivity index (χ2v) is 4.18. The summed E-state index contributed by atoms with van der Waals surface area (Å²) in [6.45, 7) is -0.0209. The molecule has 1 saturated carbocycles. The number of nitrogens with one attached hydrogen (secondary N) is 1. The molecule has 0 saturated heterocycles. The van der Waals surface area contributed by atoms with Gasteiger partial charge in [-0.05, 0) is 24.7 Å². The lowest BCUT2D eigenvalue weighted by atomic mass is 9.93. The maximum Gasteiger partial charge on any atom is 0.325 e. The molecule has 0 spiro atoms. The van der Waals surface area contributed by atoms with E-state index in [0.717, 1.165) is 12.8 Å². The molecule has 1 fully saturated rings. The first-order chi connectivity index (χ1) is 7.20. The Bertz CT molecular complexity index is 311. The van der Waals surface area contributed by atoms with Crippen molar-refractivity contribution in [2.75, 3.05) is 13.7 Å². The molecular weight excluding hydrogens is 194 g/mol. The van der Waals surface area contributed by atoms with E-state index in [0.29, 0.717) is 11.8 Å². The molecule has 2 aliphatic rings. The first kappa shape index (κ1) is 10.2. The highest BCUT2D eigenvalue weighted by Gasteiger charge is 2.39. The van der Waals surface area contributed by atoms with Gasteiger partial charge >= 0.3 is 5.97 Å². The number of methoxy groups -OCH3 is 1. The first-order valence-corrected chi connectivity index (χ1v) is 5.23. The third kappa shape index (κ3) is 2.03. The van der Waals surface area contributed by atoms with Crippen molar-refractivity contribution < 1.29 is 14.3 Å². The van der Waals surface area contributed by atoms with Crippen LogP contribution in [-0.4, -0.2) is 25.5 Å². The van der Waals surface area contributed by atoms with Gasteiger partial charge in [-0.25, -0.2) is 0 Å². The average molecular weight is 209 g/mol. The molecule has 4 heteroatoms. The molecule has 1 amide bonds. The highest BCUT2D eigenvalue weighted by atomic mass is 16.5. The molecule has 0 aliphatic heterocycles. The van der Waals surface area contributed by atoms with Gasteiger partial charge in [-0.1, -0.05) is 12.2 Å². The van der Waals surface area contributed by atoms with Gasteiger partial charge < -0.3 is 10.1 Å². The molecular formula is C11H15NO3. The van der Waals surface area contributed by atoms with Crippen LogP contribution in [0.2, 0.25) is 0 Å². The van der Waals surface area contributed by atoms with Gasteiger partial charge in [0.25, 0.3) is 0 Å². The van der Waals surface area contributed by atoms with Crippen LogP contribution in [0.1, 0.15) is 12.8 Å². The van der Waals surface area contributed by atoms with E-state index in [4.69, 9.17) is 0 Å². The van der Waals surface area contributed by atoms with E-state index < -0.39 is 5.97 Å². The molecule has 2 rings (SSSR count). The summed E-state index contributed by atoms with van der Waals surface area (Å²) in [7, 11) is 1.31. The summed E-state index contributed by atoms with van der Waals surface area (Å²) in [6.07, 6.45) is 6.33. The van der Waals surface area contributed by atoms with Gasteiger partial charge in [0.15, 0.2) is 0 Å². The SMILES string of the molecule is COC(=O)CNC(=O)[C@@H]1C[C@H]2C=C[C@@H]1C2. The molecule has 0 unspecified atom stereocenters. The van der Waals surface area contributed by atoms with Crippen LogP contribution in [0, 0.1) is 17.8 Å². The summed E-state index contributed by atoms with van der Waals surface area (Å²) in [4.78, 5) is 22.5. The molecule has 0 radical (unpaired) electrons. The summed E-state index contributed by atoms with van der Waals surface area (Å²) in [5.41, 5.74) is 0. The summed E-state index contributed by atoms with van der Waals surface area (Å²) < 4.78 is 4.46. The Kier molecular flexibility index (Phi) is 2.75. The fraction of sp³-hybridized carbons (Fsp3) is 0.636. The van der Waals surface area contributed by atoms with Gasteiger partial charge in [-0.3, -0.25) is 9.59 Å². The highest BCUT2D eigenvalue weighted by molar-refractivity contribution is 5.84. The quantitative estimate of drug-likeness (QED) is 0.543. The largest absolute Gasteiger partial charge is 0.468 e. The predicted molar refractivity (Wildman–Crippen MR) is 53.9 cm³/mol. The zero-order valence-electron chi connectivity index (χ0n) is 8.73. The molecule has 4 nitrogen and oxygen atoms in total. The van der Waals surface area contributed by atoms with E-state index in [1.165, 1.54) is 7.11 Å². The normalized spacial score (nSPS) is 31.7. The third-order valence-corrected chi connectivity index (χ3v) is 3.25. The van der Waals surface area contributed by atoms with Crippen LogP contribution in [-0.2, 0) is 14.3 Å². The number of rotatable bonds is 3. The zero-order valence-corrected chi connectivity index (χ0v) is 8.73. The number of amides is 1. The van der Waals surface area contributed by atoms with Gasteiger partial charge in [0.1, 0.15) is 6.54 Å². The van der Waals surface area contributed by atoms with Crippen LogP contribution in [0.15, 0.2) is 12.2 Å². The number of fused-ring (bicyclic) bond motifs is 2. The Labute approximate surface area is 88.7 Å². The molecule has 3 atom stereocenters. The van der Waals surface area contributed by atoms with Crippen LogP contribution in [0.4, 0.5) is 0 Å². The summed E-state index contributed by atoms with van der Waals surface area (Å²) in [5, 5.41) is 2.61. The van der Waals surface area contributed by atoms with Crippen molar-refractivity contribution in [3.8, 4) is 0 Å². The lowest BCUT2D eigenvalue weighted by Crippen LogP contribution is -2.36. The monoisotopic (exact) mass is 209 g/mol. The number of carbonyl (C=O) groups excluding carboxylic acids is 2. The van der Waals surface area contributed by atoms with Crippen molar-refractivity contribution in [1.29, 1.82) is 0 Å². The van der Waals surface area contributed by atoms with Crippen molar-refractivity contribution in [2.24, 2.45) is 17.8 Å². The Hall–Kier alpha value is -1.32. The van der Waals surface area contributed by atoms with Crippen LogP contribution < -0.4 is 5.32 Å². The minimum absolute atomic E-state index is 0.0164. The summed E-state index contributed by atoms with van der Waals surface area (Å²) in [6, 6.07) is 0. The van der Waals surface area contributed by atoms with Gasteiger partial charge in [-0.15, -0.1) is 0 Å². The molecule has 2 aliphatic carbocycles. The van der Waals surface area contributed by atoms with Crippen LogP contribution in [0.5, 0.6) is 0 Å². The van der Waals surface area contributed by atoms with Gasteiger partial charge in [0.2, 0.25) is 5.91 Å². The van der Waals surface area contributed by atoms with Crippen molar-refractivity contribution in [3.05, 3.63) is 12.2 Å². The molecule has 2 bridgehead atoms. The van der Waals surface area contributed by atoms with E-state index in [2.05, 4.69) is 22.2 Å². The Morgan fingerprint density at radius 1 is 1.40 bits per heavy atom. The molecule has 1 N–H and O–H groups in total. The number of hydrogen-bond donors (Lipinski definition) is 1. The Morgan fingerprint density at radius 2 is 2.20 bits per heavy atom. The molecule has 0 aromatic heterocycles. The lowest BCUT2D eigenvalue weighted by Gasteiger charge is -2.16. The molecule has 82 valence electrons. The second kappa shape index (κ2) is 4.04. The number of carbonyl (C=O) groups is 2. The smallest absolute Gasteiger partial charge is 0.325 e. The van der Waals surface area contributed by atoms with Gasteiger partial charge in [0, 0.05) is 5.92 Å². The minimum Gasteiger partial charge on any atom is -0.468 e. The van der Waals surface area contributed by atoms with Crippen molar-refractivity contribution in [2.45, 2.75) is 12.8 Å². The fourth-order valence-electron chi connectivity index (χ4n) is 2.44. The van der Waals surface area contributed by atoms with Crippen LogP contribution in [0.25, 0.3) is 0 Å². The topological polar surface area (TPSA) is 55.4 Å². The Morgan fingerprint density at radius 3 is 2.73 bits per heavy atom. The standard InChI is InChI=1S/C11H15NO3/c1-15-10(13)6-12-11(14)9-5-7-2-3-8(9)4-7/h2-3,7-9H,4-6H2,1H3,(H,12,14)/t7-,8+,9+/m0/s1. The second-order valence-electron chi connectivity index (χ2n) is 4.18. The van der Waals surface area contributed by atoms with Gasteiger partial charge in [0.05, 0.1) is 7.11 Å². The molecule has 0 aromatic rings. The predicted octanol–water partition coefficient (Wildman–Crippen LogP) is 0.488. The highest BCUT2D eigenvalue weighted by Crippen LogP contribution is 2.43. The third-order valence-electron chi connectivity index (χ3n) is 3.25. The fourth-order valence-corrected chi connectivity index (χ4v) is 2.44. The van der Waals surface area contributed by atoms with Crippen LogP contribution in [0.3, 0.4) is 0 Å². The maximum atomic E-state index is 11.7. The lowest BCUT2D eigenvalue weighted by molar-refractivity contribution is -0.141. The van der Waals surface area contributed by atoms with E-state index in [-0.39, 0.29) is 18.4 Å². The summed E-state index contributed by atoms with van der Waals surface area (Å²) in [5.74, 6) is 0.598.